The molecule has 3 aromatic carbocycles. The van der Waals surface area contributed by atoms with E-state index >= 15 is 0 Å². The molecule has 0 bridgehead atoms. The number of methoxy groups -OCH3 is 1. The fourth-order valence-corrected chi connectivity index (χ4v) is 3.75. The van der Waals surface area contributed by atoms with Crippen LogP contribution in [-0.4, -0.2) is 22.7 Å². The van der Waals surface area contributed by atoms with E-state index in [9.17, 15) is 4.79 Å². The maximum absolute atomic E-state index is 13.5. The van der Waals surface area contributed by atoms with Crippen LogP contribution >= 0.6 is 0 Å². The molecular formula is C24H24N2O2. The lowest BCUT2D eigenvalue weighted by Gasteiger charge is -2.09. The van der Waals surface area contributed by atoms with Gasteiger partial charge in [-0.05, 0) is 30.0 Å². The molecule has 0 amide bonds. The summed E-state index contributed by atoms with van der Waals surface area (Å²) in [4.78, 5) is 13.5. The third kappa shape index (κ3) is 3.15. The van der Waals surface area contributed by atoms with Gasteiger partial charge in [0.2, 0.25) is 5.78 Å². The average molecular weight is 372 g/mol. The second kappa shape index (κ2) is 7.85. The predicted octanol–water partition coefficient (Wildman–Crippen LogP) is 5.62. The summed E-state index contributed by atoms with van der Waals surface area (Å²) in [6.07, 6.45) is 3.37. The van der Waals surface area contributed by atoms with Crippen molar-refractivity contribution in [2.24, 2.45) is 0 Å². The number of para-hydroxylation sites is 1. The largest absolute Gasteiger partial charge is 0.496 e. The predicted molar refractivity (Wildman–Crippen MR) is 113 cm³/mol. The van der Waals surface area contributed by atoms with E-state index in [0.29, 0.717) is 11.3 Å². The average Bonchev–Trinajstić information content (AvgIpc) is 3.11. The highest BCUT2D eigenvalue weighted by Gasteiger charge is 2.21. The molecule has 0 unspecified atom stereocenters. The Bertz CT molecular complexity index is 1140. The standard InChI is InChI=1S/C24H24N2O2/c1-3-4-9-16-26-21-13-8-7-12-20(21)23(25-26)24(27)19-14-15-22(28-2)18-11-6-5-10-17(18)19/h5-8,10-15H,3-4,9,16H2,1-2H3. The quantitative estimate of drug-likeness (QED) is 0.312. The zero-order valence-electron chi connectivity index (χ0n) is 16.3. The highest BCUT2D eigenvalue weighted by atomic mass is 16.5. The molecule has 142 valence electrons. The molecule has 0 atom stereocenters. The van der Waals surface area contributed by atoms with Crippen LogP contribution in [0.25, 0.3) is 21.7 Å². The van der Waals surface area contributed by atoms with Crippen LogP contribution in [0, 0.1) is 0 Å². The number of hydrogen-bond acceptors (Lipinski definition) is 3. The molecule has 4 heteroatoms. The molecule has 1 heterocycles. The zero-order valence-corrected chi connectivity index (χ0v) is 16.3. The first kappa shape index (κ1) is 18.2. The molecule has 28 heavy (non-hydrogen) atoms. The van der Waals surface area contributed by atoms with Crippen molar-refractivity contribution >= 4 is 27.5 Å². The number of fused-ring (bicyclic) bond motifs is 2. The van der Waals surface area contributed by atoms with Gasteiger partial charge in [0.25, 0.3) is 0 Å². The van der Waals surface area contributed by atoms with E-state index in [1.807, 2.05) is 65.3 Å². The summed E-state index contributed by atoms with van der Waals surface area (Å²) in [6.45, 7) is 3.01. The Morgan fingerprint density at radius 3 is 2.39 bits per heavy atom. The molecule has 0 N–H and O–H groups in total. The number of hydrogen-bond donors (Lipinski definition) is 0. The summed E-state index contributed by atoms with van der Waals surface area (Å²) in [5.41, 5.74) is 2.18. The van der Waals surface area contributed by atoms with Crippen molar-refractivity contribution in [3.05, 3.63) is 71.9 Å². The molecule has 0 aliphatic carbocycles. The fourth-order valence-electron chi connectivity index (χ4n) is 3.75. The molecule has 4 nitrogen and oxygen atoms in total. The number of aryl methyl sites for hydroxylation is 1. The molecule has 0 fully saturated rings. The maximum Gasteiger partial charge on any atom is 0.214 e. The molecule has 1 aromatic heterocycles. The van der Waals surface area contributed by atoms with Gasteiger partial charge in [-0.1, -0.05) is 62.2 Å². The van der Waals surface area contributed by atoms with Crippen LogP contribution in [0.2, 0.25) is 0 Å². The van der Waals surface area contributed by atoms with Crippen LogP contribution in [0.4, 0.5) is 0 Å². The van der Waals surface area contributed by atoms with Crippen LogP contribution in [0.15, 0.2) is 60.7 Å². The van der Waals surface area contributed by atoms with E-state index in [0.717, 1.165) is 53.2 Å². The van der Waals surface area contributed by atoms with E-state index in [4.69, 9.17) is 9.84 Å². The van der Waals surface area contributed by atoms with Crippen LogP contribution in [0.1, 0.15) is 42.2 Å². The molecule has 0 radical (unpaired) electrons. The maximum atomic E-state index is 13.5. The Morgan fingerprint density at radius 1 is 0.929 bits per heavy atom. The van der Waals surface area contributed by atoms with Gasteiger partial charge in [-0.2, -0.15) is 5.10 Å². The summed E-state index contributed by atoms with van der Waals surface area (Å²) in [5, 5.41) is 7.45. The van der Waals surface area contributed by atoms with Gasteiger partial charge in [0.15, 0.2) is 0 Å². The van der Waals surface area contributed by atoms with Crippen LogP contribution < -0.4 is 4.74 Å². The second-order valence-electron chi connectivity index (χ2n) is 6.99. The van der Waals surface area contributed by atoms with Crippen molar-refractivity contribution in [1.82, 2.24) is 9.78 Å². The first-order chi connectivity index (χ1) is 13.7. The van der Waals surface area contributed by atoms with Gasteiger partial charge in [-0.15, -0.1) is 0 Å². The molecule has 0 aliphatic rings. The first-order valence-electron chi connectivity index (χ1n) is 9.80. The van der Waals surface area contributed by atoms with Crippen molar-refractivity contribution < 1.29 is 9.53 Å². The number of ketones is 1. The van der Waals surface area contributed by atoms with E-state index < -0.39 is 0 Å². The summed E-state index contributed by atoms with van der Waals surface area (Å²) in [6, 6.07) is 19.5. The first-order valence-corrected chi connectivity index (χ1v) is 9.80. The van der Waals surface area contributed by atoms with Crippen molar-refractivity contribution in [2.45, 2.75) is 32.7 Å². The minimum Gasteiger partial charge on any atom is -0.496 e. The number of benzene rings is 3. The van der Waals surface area contributed by atoms with E-state index in [2.05, 4.69) is 6.92 Å². The topological polar surface area (TPSA) is 44.1 Å². The third-order valence-electron chi connectivity index (χ3n) is 5.20. The van der Waals surface area contributed by atoms with Crippen LogP contribution in [0.3, 0.4) is 0 Å². The monoisotopic (exact) mass is 372 g/mol. The van der Waals surface area contributed by atoms with E-state index in [1.165, 1.54) is 0 Å². The molecule has 4 aromatic rings. The van der Waals surface area contributed by atoms with Gasteiger partial charge < -0.3 is 4.74 Å². The number of carbonyl (C=O) groups is 1. The van der Waals surface area contributed by atoms with Gasteiger partial charge >= 0.3 is 0 Å². The number of nitrogens with zero attached hydrogens (tertiary/aromatic N) is 2. The number of unbranched alkanes of at least 4 members (excludes halogenated alkanes) is 2. The second-order valence-corrected chi connectivity index (χ2v) is 6.99. The Hall–Kier alpha value is -3.14. The van der Waals surface area contributed by atoms with Crippen LogP contribution in [0.5, 0.6) is 5.75 Å². The summed E-state index contributed by atoms with van der Waals surface area (Å²) >= 11 is 0. The summed E-state index contributed by atoms with van der Waals surface area (Å²) < 4.78 is 7.44. The molecular weight excluding hydrogens is 348 g/mol. The highest BCUT2D eigenvalue weighted by Crippen LogP contribution is 2.31. The molecule has 0 saturated carbocycles. The molecule has 4 rings (SSSR count). The van der Waals surface area contributed by atoms with Gasteiger partial charge in [0.1, 0.15) is 11.4 Å². The summed E-state index contributed by atoms with van der Waals surface area (Å²) in [5.74, 6) is 0.714. The van der Waals surface area contributed by atoms with E-state index in [-0.39, 0.29) is 5.78 Å². The zero-order chi connectivity index (χ0) is 19.5. The Labute approximate surface area is 164 Å². The van der Waals surface area contributed by atoms with Crippen molar-refractivity contribution in [3.8, 4) is 5.75 Å². The van der Waals surface area contributed by atoms with Crippen molar-refractivity contribution in [3.63, 3.8) is 0 Å². The van der Waals surface area contributed by atoms with Gasteiger partial charge in [-0.3, -0.25) is 9.48 Å². The number of aromatic nitrogens is 2. The van der Waals surface area contributed by atoms with Gasteiger partial charge in [0.05, 0.1) is 12.6 Å². The summed E-state index contributed by atoms with van der Waals surface area (Å²) in [7, 11) is 1.65. The fraction of sp³-hybridized carbons (Fsp3) is 0.250. The molecule has 0 spiro atoms. The lowest BCUT2D eigenvalue weighted by molar-refractivity contribution is 0.103. The lowest BCUT2D eigenvalue weighted by Crippen LogP contribution is -2.06. The molecule has 0 aliphatic heterocycles. The number of carbonyl (C=O) groups excluding carboxylic acids is 1. The van der Waals surface area contributed by atoms with Gasteiger partial charge in [0, 0.05) is 22.9 Å². The molecule has 0 saturated heterocycles. The lowest BCUT2D eigenvalue weighted by atomic mass is 9.98. The number of ether oxygens (including phenoxy) is 1. The van der Waals surface area contributed by atoms with Gasteiger partial charge in [-0.25, -0.2) is 0 Å². The smallest absolute Gasteiger partial charge is 0.214 e. The van der Waals surface area contributed by atoms with Crippen LogP contribution in [-0.2, 0) is 6.54 Å². The third-order valence-corrected chi connectivity index (χ3v) is 5.20. The van der Waals surface area contributed by atoms with E-state index in [1.54, 1.807) is 7.11 Å². The normalized spacial score (nSPS) is 11.2. The van der Waals surface area contributed by atoms with Crippen molar-refractivity contribution in [1.29, 1.82) is 0 Å². The minimum atomic E-state index is -0.0516. The van der Waals surface area contributed by atoms with Crippen molar-refractivity contribution in [2.75, 3.05) is 7.11 Å². The minimum absolute atomic E-state index is 0.0516. The SMILES string of the molecule is CCCCCn1nc(C(=O)c2ccc(OC)c3ccccc23)c2ccccc21. The Kier molecular flexibility index (Phi) is 5.11. The highest BCUT2D eigenvalue weighted by molar-refractivity contribution is 6.20. The Balaban J connectivity index is 1.83. The Morgan fingerprint density at radius 2 is 1.64 bits per heavy atom. The number of rotatable bonds is 7.